The Morgan fingerprint density at radius 1 is 1.47 bits per heavy atom. The van der Waals surface area contributed by atoms with Crippen molar-refractivity contribution in [2.24, 2.45) is 0 Å². The highest BCUT2D eigenvalue weighted by atomic mass is 79.9. The van der Waals surface area contributed by atoms with Crippen molar-refractivity contribution in [3.63, 3.8) is 0 Å². The summed E-state index contributed by atoms with van der Waals surface area (Å²) in [6.07, 6.45) is 2.66. The zero-order chi connectivity index (χ0) is 12.3. The molecule has 1 aromatic carbocycles. The van der Waals surface area contributed by atoms with Crippen molar-refractivity contribution in [2.75, 3.05) is 20.1 Å². The van der Waals surface area contributed by atoms with Crippen LogP contribution in [-0.2, 0) is 6.54 Å². The maximum Gasteiger partial charge on any atom is 0.0237 e. The maximum atomic E-state index is 3.56. The molecular formula is C14H21BrN2. The normalized spacial score (nSPS) is 21.0. The first-order valence-electron chi connectivity index (χ1n) is 6.34. The fourth-order valence-electron chi connectivity index (χ4n) is 2.61. The van der Waals surface area contributed by atoms with Gasteiger partial charge in [0, 0.05) is 23.6 Å². The van der Waals surface area contributed by atoms with E-state index in [0.717, 1.165) is 13.1 Å². The van der Waals surface area contributed by atoms with Gasteiger partial charge < -0.3 is 5.32 Å². The highest BCUT2D eigenvalue weighted by molar-refractivity contribution is 9.10. The molecule has 0 spiro atoms. The number of likely N-dealkylation sites (N-methyl/N-ethyl adjacent to an activating group) is 1. The van der Waals surface area contributed by atoms with E-state index in [2.05, 4.69) is 51.3 Å². The second kappa shape index (κ2) is 5.98. The Morgan fingerprint density at radius 2 is 2.29 bits per heavy atom. The Kier molecular flexibility index (Phi) is 4.60. The number of nitrogens with one attached hydrogen (secondary N) is 1. The predicted octanol–water partition coefficient (Wildman–Crippen LogP) is 2.94. The van der Waals surface area contributed by atoms with Crippen molar-refractivity contribution in [3.8, 4) is 0 Å². The van der Waals surface area contributed by atoms with Crippen LogP contribution in [0.1, 0.15) is 24.0 Å². The molecule has 17 heavy (non-hydrogen) atoms. The summed E-state index contributed by atoms with van der Waals surface area (Å²) >= 11 is 3.56. The molecule has 1 aromatic rings. The summed E-state index contributed by atoms with van der Waals surface area (Å²) in [5.41, 5.74) is 2.75. The van der Waals surface area contributed by atoms with Gasteiger partial charge in [0.2, 0.25) is 0 Å². The lowest BCUT2D eigenvalue weighted by atomic mass is 10.1. The number of hydrogen-bond donors (Lipinski definition) is 1. The van der Waals surface area contributed by atoms with Crippen LogP contribution >= 0.6 is 15.9 Å². The van der Waals surface area contributed by atoms with Gasteiger partial charge in [0.1, 0.15) is 0 Å². The molecule has 0 aromatic heterocycles. The number of rotatable bonds is 4. The number of benzene rings is 1. The van der Waals surface area contributed by atoms with Gasteiger partial charge in [-0.15, -0.1) is 0 Å². The molecule has 1 unspecified atom stereocenters. The molecule has 0 radical (unpaired) electrons. The molecule has 0 aliphatic carbocycles. The van der Waals surface area contributed by atoms with Gasteiger partial charge in [-0.05, 0) is 50.6 Å². The van der Waals surface area contributed by atoms with Gasteiger partial charge >= 0.3 is 0 Å². The van der Waals surface area contributed by atoms with Crippen molar-refractivity contribution < 1.29 is 0 Å². The molecule has 1 N–H and O–H groups in total. The fourth-order valence-corrected chi connectivity index (χ4v) is 2.86. The number of likely N-dealkylation sites (tertiary alicyclic amines) is 1. The summed E-state index contributed by atoms with van der Waals surface area (Å²) in [4.78, 5) is 2.60. The van der Waals surface area contributed by atoms with Gasteiger partial charge in [0.05, 0.1) is 0 Å². The molecule has 1 fully saturated rings. The van der Waals surface area contributed by atoms with E-state index in [1.165, 1.54) is 35.0 Å². The molecule has 0 amide bonds. The largest absolute Gasteiger partial charge is 0.318 e. The molecule has 1 aliphatic rings. The Bertz CT molecular complexity index is 378. The summed E-state index contributed by atoms with van der Waals surface area (Å²) in [6, 6.07) is 7.39. The predicted molar refractivity (Wildman–Crippen MR) is 76.2 cm³/mol. The molecule has 1 saturated heterocycles. The van der Waals surface area contributed by atoms with Crippen LogP contribution < -0.4 is 5.32 Å². The Morgan fingerprint density at radius 3 is 3.00 bits per heavy atom. The second-order valence-corrected chi connectivity index (χ2v) is 5.76. The van der Waals surface area contributed by atoms with E-state index in [1.807, 2.05) is 7.05 Å². The van der Waals surface area contributed by atoms with Crippen molar-refractivity contribution in [3.05, 3.63) is 33.8 Å². The van der Waals surface area contributed by atoms with Crippen LogP contribution in [0.15, 0.2) is 22.7 Å². The molecule has 2 nitrogen and oxygen atoms in total. The first-order valence-corrected chi connectivity index (χ1v) is 7.13. The van der Waals surface area contributed by atoms with E-state index in [-0.39, 0.29) is 0 Å². The van der Waals surface area contributed by atoms with Crippen LogP contribution in [0, 0.1) is 6.92 Å². The van der Waals surface area contributed by atoms with E-state index in [0.29, 0.717) is 6.04 Å². The van der Waals surface area contributed by atoms with Crippen molar-refractivity contribution in [1.29, 1.82) is 0 Å². The van der Waals surface area contributed by atoms with E-state index in [4.69, 9.17) is 0 Å². The molecular weight excluding hydrogens is 276 g/mol. The lowest BCUT2D eigenvalue weighted by molar-refractivity contribution is 0.242. The lowest BCUT2D eigenvalue weighted by Gasteiger charge is -2.24. The second-order valence-electron chi connectivity index (χ2n) is 4.91. The zero-order valence-electron chi connectivity index (χ0n) is 10.7. The summed E-state index contributed by atoms with van der Waals surface area (Å²) in [7, 11) is 2.04. The minimum absolute atomic E-state index is 0.712. The lowest BCUT2D eigenvalue weighted by Crippen LogP contribution is -2.36. The first-order chi connectivity index (χ1) is 8.20. The van der Waals surface area contributed by atoms with E-state index >= 15 is 0 Å². The van der Waals surface area contributed by atoms with Gasteiger partial charge in [0.15, 0.2) is 0 Å². The Balaban J connectivity index is 2.02. The van der Waals surface area contributed by atoms with E-state index in [1.54, 1.807) is 0 Å². The van der Waals surface area contributed by atoms with Crippen molar-refractivity contribution in [2.45, 2.75) is 32.4 Å². The summed E-state index contributed by atoms with van der Waals surface area (Å²) in [6.45, 7) is 5.58. The third kappa shape index (κ3) is 3.30. The SMILES string of the molecule is CNCC1CCCN1Cc1ccc(Br)c(C)c1. The van der Waals surface area contributed by atoms with E-state index in [9.17, 15) is 0 Å². The molecule has 0 saturated carbocycles. The van der Waals surface area contributed by atoms with Gasteiger partial charge in [-0.2, -0.15) is 0 Å². The van der Waals surface area contributed by atoms with Gasteiger partial charge in [-0.25, -0.2) is 0 Å². The minimum atomic E-state index is 0.712. The van der Waals surface area contributed by atoms with Crippen LogP contribution in [-0.4, -0.2) is 31.1 Å². The molecule has 0 bridgehead atoms. The summed E-state index contributed by atoms with van der Waals surface area (Å²) in [5, 5.41) is 3.30. The highest BCUT2D eigenvalue weighted by Crippen LogP contribution is 2.22. The first kappa shape index (κ1) is 13.1. The van der Waals surface area contributed by atoms with Crippen LogP contribution in [0.2, 0.25) is 0 Å². The third-order valence-corrected chi connectivity index (χ3v) is 4.44. The monoisotopic (exact) mass is 296 g/mol. The fraction of sp³-hybridized carbons (Fsp3) is 0.571. The average Bonchev–Trinajstić information content (AvgIpc) is 2.72. The average molecular weight is 297 g/mol. The van der Waals surface area contributed by atoms with Crippen molar-refractivity contribution in [1.82, 2.24) is 10.2 Å². The summed E-state index contributed by atoms with van der Waals surface area (Å²) in [5.74, 6) is 0. The van der Waals surface area contributed by atoms with Crippen LogP contribution in [0.4, 0.5) is 0 Å². The maximum absolute atomic E-state index is 3.56. The van der Waals surface area contributed by atoms with Gasteiger partial charge in [-0.1, -0.05) is 28.1 Å². The summed E-state index contributed by atoms with van der Waals surface area (Å²) < 4.78 is 1.20. The van der Waals surface area contributed by atoms with Crippen LogP contribution in [0.3, 0.4) is 0 Å². The van der Waals surface area contributed by atoms with Gasteiger partial charge in [0.25, 0.3) is 0 Å². The molecule has 94 valence electrons. The molecule has 1 aliphatic heterocycles. The topological polar surface area (TPSA) is 15.3 Å². The standard InChI is InChI=1S/C14H21BrN2/c1-11-8-12(5-6-14(11)15)10-17-7-3-4-13(17)9-16-2/h5-6,8,13,16H,3-4,7,9-10H2,1-2H3. The minimum Gasteiger partial charge on any atom is -0.318 e. The van der Waals surface area contributed by atoms with Crippen molar-refractivity contribution >= 4 is 15.9 Å². The molecule has 1 atom stereocenters. The van der Waals surface area contributed by atoms with Crippen LogP contribution in [0.5, 0.6) is 0 Å². The number of hydrogen-bond acceptors (Lipinski definition) is 2. The van der Waals surface area contributed by atoms with Crippen LogP contribution in [0.25, 0.3) is 0 Å². The van der Waals surface area contributed by atoms with E-state index < -0.39 is 0 Å². The zero-order valence-corrected chi connectivity index (χ0v) is 12.3. The molecule has 3 heteroatoms. The Labute approximate surface area is 113 Å². The third-order valence-electron chi connectivity index (χ3n) is 3.55. The molecule has 1 heterocycles. The highest BCUT2D eigenvalue weighted by Gasteiger charge is 2.23. The number of halogens is 1. The smallest absolute Gasteiger partial charge is 0.0237 e. The number of nitrogens with zero attached hydrogens (tertiary/aromatic N) is 1. The number of aryl methyl sites for hydroxylation is 1. The van der Waals surface area contributed by atoms with Gasteiger partial charge in [-0.3, -0.25) is 4.90 Å². The quantitative estimate of drug-likeness (QED) is 0.919. The molecule has 2 rings (SSSR count). The Hall–Kier alpha value is -0.380.